The van der Waals surface area contributed by atoms with Crippen LogP contribution >= 0.6 is 0 Å². The highest BCUT2D eigenvalue weighted by Gasteiger charge is 2.31. The lowest BCUT2D eigenvalue weighted by Crippen LogP contribution is -2.41. The molecule has 2 aromatic carbocycles. The van der Waals surface area contributed by atoms with E-state index in [1.54, 1.807) is 31.2 Å². The number of hydrogen-bond donors (Lipinski definition) is 0. The molecule has 2 heterocycles. The number of rotatable bonds is 6. The number of ether oxygens (including phenoxy) is 2. The third-order valence-electron chi connectivity index (χ3n) is 6.17. The summed E-state index contributed by atoms with van der Waals surface area (Å²) in [4.78, 5) is 25.0. The minimum Gasteiger partial charge on any atom is -0.497 e. The number of carbonyl (C=O) groups excluding carboxylic acids is 1. The first kappa shape index (κ1) is 24.0. The molecule has 0 radical (unpaired) electrons. The fourth-order valence-corrected chi connectivity index (χ4v) is 5.95. The first-order valence-electron chi connectivity index (χ1n) is 11.1. The molecule has 0 N–H and O–H groups in total. The standard InChI is InChI=1S/C25H27NO7S/c1-16-7-9-20(34(29,30)26-11-5-4-6-17(26)2)14-22(16)25(28)32-15-18-12-24(27)33-23-13-19(31-3)8-10-21(18)23/h7-10,12-14,17H,4-6,11,15H2,1-3H3. The van der Waals surface area contributed by atoms with Gasteiger partial charge in [-0.1, -0.05) is 12.5 Å². The average Bonchev–Trinajstić information content (AvgIpc) is 2.82. The maximum Gasteiger partial charge on any atom is 0.338 e. The number of piperidine rings is 1. The van der Waals surface area contributed by atoms with Gasteiger partial charge in [0.05, 0.1) is 17.6 Å². The van der Waals surface area contributed by atoms with Crippen molar-refractivity contribution in [3.63, 3.8) is 0 Å². The fourth-order valence-electron chi connectivity index (χ4n) is 4.22. The molecule has 0 saturated carbocycles. The van der Waals surface area contributed by atoms with Crippen LogP contribution in [0.2, 0.25) is 0 Å². The Labute approximate surface area is 198 Å². The van der Waals surface area contributed by atoms with Crippen LogP contribution in [0.3, 0.4) is 0 Å². The van der Waals surface area contributed by atoms with E-state index in [-0.39, 0.29) is 23.1 Å². The summed E-state index contributed by atoms with van der Waals surface area (Å²) in [5.74, 6) is -0.141. The molecule has 3 aromatic rings. The van der Waals surface area contributed by atoms with E-state index in [9.17, 15) is 18.0 Å². The Balaban J connectivity index is 1.59. The molecule has 8 nitrogen and oxygen atoms in total. The topological polar surface area (TPSA) is 103 Å². The summed E-state index contributed by atoms with van der Waals surface area (Å²) in [7, 11) is -2.22. The molecule has 1 aliphatic heterocycles. The lowest BCUT2D eigenvalue weighted by molar-refractivity contribution is 0.0472. The Bertz CT molecular complexity index is 1390. The first-order valence-corrected chi connectivity index (χ1v) is 12.5. The SMILES string of the molecule is COc1ccc2c(COC(=O)c3cc(S(=O)(=O)N4CCCCC4C)ccc3C)cc(=O)oc2c1. The van der Waals surface area contributed by atoms with E-state index in [1.165, 1.54) is 29.6 Å². The molecule has 34 heavy (non-hydrogen) atoms. The summed E-state index contributed by atoms with van der Waals surface area (Å²) >= 11 is 0. The van der Waals surface area contributed by atoms with Gasteiger partial charge < -0.3 is 13.9 Å². The molecule has 4 rings (SSSR count). The van der Waals surface area contributed by atoms with Crippen LogP contribution in [0.1, 0.15) is 47.7 Å². The number of methoxy groups -OCH3 is 1. The number of nitrogens with zero attached hydrogens (tertiary/aromatic N) is 1. The van der Waals surface area contributed by atoms with Crippen molar-refractivity contribution in [1.82, 2.24) is 4.31 Å². The zero-order chi connectivity index (χ0) is 24.5. The van der Waals surface area contributed by atoms with Crippen molar-refractivity contribution in [3.05, 3.63) is 69.6 Å². The van der Waals surface area contributed by atoms with Gasteiger partial charge in [0.1, 0.15) is 17.9 Å². The van der Waals surface area contributed by atoms with E-state index in [4.69, 9.17) is 13.9 Å². The van der Waals surface area contributed by atoms with Crippen molar-refractivity contribution in [1.29, 1.82) is 0 Å². The summed E-state index contributed by atoms with van der Waals surface area (Å²) < 4.78 is 43.8. The third kappa shape index (κ3) is 4.71. The number of hydrogen-bond acceptors (Lipinski definition) is 7. The summed E-state index contributed by atoms with van der Waals surface area (Å²) in [5, 5.41) is 0.611. The quantitative estimate of drug-likeness (QED) is 0.384. The van der Waals surface area contributed by atoms with Crippen LogP contribution in [0.15, 0.2) is 56.6 Å². The zero-order valence-corrected chi connectivity index (χ0v) is 20.2. The van der Waals surface area contributed by atoms with Gasteiger partial charge in [0.25, 0.3) is 0 Å². The average molecular weight is 486 g/mol. The number of esters is 1. The van der Waals surface area contributed by atoms with Gasteiger partial charge in [-0.2, -0.15) is 4.31 Å². The van der Waals surface area contributed by atoms with Crippen LogP contribution < -0.4 is 10.4 Å². The Morgan fingerprint density at radius 3 is 2.68 bits per heavy atom. The molecular weight excluding hydrogens is 458 g/mol. The lowest BCUT2D eigenvalue weighted by atomic mass is 10.1. The lowest BCUT2D eigenvalue weighted by Gasteiger charge is -2.32. The number of benzene rings is 2. The summed E-state index contributed by atoms with van der Waals surface area (Å²) in [6, 6.07) is 10.7. The Hall–Kier alpha value is -3.17. The van der Waals surface area contributed by atoms with Gasteiger partial charge in [0, 0.05) is 35.7 Å². The number of sulfonamides is 1. The monoisotopic (exact) mass is 485 g/mol. The molecule has 1 fully saturated rings. The maximum atomic E-state index is 13.2. The molecule has 1 aliphatic rings. The number of fused-ring (bicyclic) bond motifs is 1. The molecule has 1 unspecified atom stereocenters. The molecule has 0 amide bonds. The summed E-state index contributed by atoms with van der Waals surface area (Å²) in [5.41, 5.74) is 0.980. The molecule has 1 atom stereocenters. The minimum absolute atomic E-state index is 0.0664. The van der Waals surface area contributed by atoms with Gasteiger partial charge in [-0.15, -0.1) is 0 Å². The normalized spacial score (nSPS) is 17.0. The van der Waals surface area contributed by atoms with Crippen molar-refractivity contribution >= 4 is 27.0 Å². The first-order chi connectivity index (χ1) is 16.2. The predicted molar refractivity (Wildman–Crippen MR) is 127 cm³/mol. The van der Waals surface area contributed by atoms with E-state index in [0.29, 0.717) is 34.4 Å². The molecule has 9 heteroatoms. The third-order valence-corrected chi connectivity index (χ3v) is 8.18. The highest BCUT2D eigenvalue weighted by Crippen LogP contribution is 2.27. The van der Waals surface area contributed by atoms with Crippen LogP contribution in [-0.4, -0.2) is 38.4 Å². The van der Waals surface area contributed by atoms with E-state index in [1.807, 2.05) is 6.92 Å². The highest BCUT2D eigenvalue weighted by atomic mass is 32.2. The van der Waals surface area contributed by atoms with Crippen LogP contribution in [0, 0.1) is 6.92 Å². The van der Waals surface area contributed by atoms with Crippen molar-refractivity contribution in [2.24, 2.45) is 0 Å². The van der Waals surface area contributed by atoms with Crippen molar-refractivity contribution in [2.75, 3.05) is 13.7 Å². The Morgan fingerprint density at radius 1 is 1.15 bits per heavy atom. The second-order valence-electron chi connectivity index (χ2n) is 8.47. The van der Waals surface area contributed by atoms with Gasteiger partial charge in [-0.25, -0.2) is 18.0 Å². The molecule has 1 saturated heterocycles. The summed E-state index contributed by atoms with van der Waals surface area (Å²) in [6.45, 7) is 3.91. The van der Waals surface area contributed by atoms with Crippen LogP contribution in [0.25, 0.3) is 11.0 Å². The van der Waals surface area contributed by atoms with E-state index >= 15 is 0 Å². The van der Waals surface area contributed by atoms with Crippen molar-refractivity contribution in [3.8, 4) is 5.75 Å². The van der Waals surface area contributed by atoms with Crippen molar-refractivity contribution in [2.45, 2.75) is 50.7 Å². The van der Waals surface area contributed by atoms with Gasteiger partial charge >= 0.3 is 11.6 Å². The highest BCUT2D eigenvalue weighted by molar-refractivity contribution is 7.89. The van der Waals surface area contributed by atoms with E-state index in [0.717, 1.165) is 19.3 Å². The van der Waals surface area contributed by atoms with Gasteiger partial charge in [0.15, 0.2) is 0 Å². The molecular formula is C25H27NO7S. The molecule has 0 bridgehead atoms. The molecule has 0 spiro atoms. The van der Waals surface area contributed by atoms with Crippen LogP contribution in [0.5, 0.6) is 5.75 Å². The predicted octanol–water partition coefficient (Wildman–Crippen LogP) is 4.03. The maximum absolute atomic E-state index is 13.2. The largest absolute Gasteiger partial charge is 0.497 e. The van der Waals surface area contributed by atoms with Gasteiger partial charge in [-0.3, -0.25) is 0 Å². The zero-order valence-electron chi connectivity index (χ0n) is 19.4. The van der Waals surface area contributed by atoms with Gasteiger partial charge in [0.2, 0.25) is 10.0 Å². The second kappa shape index (κ2) is 9.60. The second-order valence-corrected chi connectivity index (χ2v) is 10.4. The fraction of sp³-hybridized carbons (Fsp3) is 0.360. The molecule has 180 valence electrons. The minimum atomic E-state index is -3.73. The van der Waals surface area contributed by atoms with Crippen LogP contribution in [0.4, 0.5) is 0 Å². The Kier molecular flexibility index (Phi) is 6.77. The molecule has 1 aromatic heterocycles. The smallest absolute Gasteiger partial charge is 0.338 e. The Morgan fingerprint density at radius 2 is 1.94 bits per heavy atom. The van der Waals surface area contributed by atoms with Crippen molar-refractivity contribution < 1.29 is 27.1 Å². The molecule has 0 aliphatic carbocycles. The number of aryl methyl sites for hydroxylation is 1. The van der Waals surface area contributed by atoms with E-state index < -0.39 is 21.6 Å². The van der Waals surface area contributed by atoms with Gasteiger partial charge in [-0.05, 0) is 56.5 Å². The van der Waals surface area contributed by atoms with Crippen LogP contribution in [-0.2, 0) is 21.4 Å². The number of carbonyl (C=O) groups is 1. The summed E-state index contributed by atoms with van der Waals surface area (Å²) in [6.07, 6.45) is 2.62. The van der Waals surface area contributed by atoms with E-state index in [2.05, 4.69) is 0 Å².